The van der Waals surface area contributed by atoms with Gasteiger partial charge in [-0.3, -0.25) is 15.6 Å². The summed E-state index contributed by atoms with van der Waals surface area (Å²) in [4.78, 5) is 18.5. The van der Waals surface area contributed by atoms with Gasteiger partial charge in [-0.05, 0) is 55.5 Å². The average Bonchev–Trinajstić information content (AvgIpc) is 3.50. The molecule has 9 heteroatoms. The van der Waals surface area contributed by atoms with Gasteiger partial charge >= 0.3 is 0 Å². The first-order chi connectivity index (χ1) is 16.4. The Balaban J connectivity index is 1.17. The van der Waals surface area contributed by atoms with E-state index in [1.54, 1.807) is 43.1 Å². The molecule has 180 valence electrons. The number of nitrogens with one attached hydrogen (secondary N) is 2. The van der Waals surface area contributed by atoms with Gasteiger partial charge in [-0.2, -0.15) is 4.98 Å². The van der Waals surface area contributed by atoms with Crippen LogP contribution in [0.3, 0.4) is 0 Å². The van der Waals surface area contributed by atoms with Crippen molar-refractivity contribution in [2.75, 3.05) is 13.6 Å². The Morgan fingerprint density at radius 2 is 1.97 bits per heavy atom. The number of benzene rings is 2. The maximum Gasteiger partial charge on any atom is 0.227 e. The smallest absolute Gasteiger partial charge is 0.227 e. The van der Waals surface area contributed by atoms with E-state index in [1.807, 2.05) is 0 Å². The second-order valence-corrected chi connectivity index (χ2v) is 8.76. The van der Waals surface area contributed by atoms with E-state index >= 15 is 0 Å². The molecule has 2 aromatic carbocycles. The number of halogens is 2. The van der Waals surface area contributed by atoms with Gasteiger partial charge in [0.25, 0.3) is 0 Å². The predicted molar refractivity (Wildman–Crippen MR) is 123 cm³/mol. The molecule has 0 radical (unpaired) electrons. The lowest BCUT2D eigenvalue weighted by molar-refractivity contribution is -0.130. The van der Waals surface area contributed by atoms with Crippen LogP contribution in [0.15, 0.2) is 47.0 Å². The van der Waals surface area contributed by atoms with Crippen LogP contribution in [0.1, 0.15) is 48.7 Å². The van der Waals surface area contributed by atoms with Crippen molar-refractivity contribution in [1.29, 1.82) is 0 Å². The van der Waals surface area contributed by atoms with E-state index in [-0.39, 0.29) is 30.0 Å². The molecular weight excluding hydrogens is 440 g/mol. The van der Waals surface area contributed by atoms with Gasteiger partial charge in [0.1, 0.15) is 11.6 Å². The number of nitrogens with zero attached hydrogens (tertiary/aromatic N) is 3. The number of carbonyl (C=O) groups is 1. The van der Waals surface area contributed by atoms with E-state index in [2.05, 4.69) is 21.0 Å². The molecule has 2 atom stereocenters. The predicted octanol–water partition coefficient (Wildman–Crippen LogP) is 4.10. The molecule has 4 rings (SSSR count). The number of carbonyl (C=O) groups excluding carboxylic acids is 1. The first-order valence-corrected chi connectivity index (χ1v) is 11.5. The highest BCUT2D eigenvalue weighted by Crippen LogP contribution is 2.24. The molecular formula is C25H29F2N5O2. The Kier molecular flexibility index (Phi) is 7.64. The van der Waals surface area contributed by atoms with Crippen molar-refractivity contribution in [3.8, 4) is 11.4 Å². The SMILES string of the molecule is Cc1ccc(-c2noc(CCC(=O)N(C)CCCC3CC(c4ccc(F)cc4)NN3)n2)cc1F. The highest BCUT2D eigenvalue weighted by Gasteiger charge is 2.24. The summed E-state index contributed by atoms with van der Waals surface area (Å²) in [5, 5.41) is 3.90. The van der Waals surface area contributed by atoms with E-state index in [4.69, 9.17) is 4.52 Å². The van der Waals surface area contributed by atoms with Crippen LogP contribution >= 0.6 is 0 Å². The van der Waals surface area contributed by atoms with Crippen molar-refractivity contribution in [1.82, 2.24) is 25.9 Å². The van der Waals surface area contributed by atoms with Gasteiger partial charge in [0.2, 0.25) is 17.6 Å². The molecule has 0 spiro atoms. The summed E-state index contributed by atoms with van der Waals surface area (Å²) in [6.45, 7) is 2.34. The van der Waals surface area contributed by atoms with Crippen molar-refractivity contribution >= 4 is 5.91 Å². The lowest BCUT2D eigenvalue weighted by Gasteiger charge is -2.18. The molecule has 1 aliphatic rings. The van der Waals surface area contributed by atoms with Crippen LogP contribution < -0.4 is 10.9 Å². The van der Waals surface area contributed by atoms with Crippen molar-refractivity contribution in [3.63, 3.8) is 0 Å². The second kappa shape index (κ2) is 10.8. The molecule has 3 aromatic rings. The van der Waals surface area contributed by atoms with Crippen LogP contribution in [-0.4, -0.2) is 40.6 Å². The molecule has 1 fully saturated rings. The normalized spacial score (nSPS) is 17.8. The number of hydrazine groups is 1. The van der Waals surface area contributed by atoms with Crippen molar-refractivity contribution in [3.05, 3.63) is 71.1 Å². The van der Waals surface area contributed by atoms with Gasteiger partial charge in [-0.15, -0.1) is 0 Å². The number of amides is 1. The first-order valence-electron chi connectivity index (χ1n) is 11.5. The molecule has 0 bridgehead atoms. The zero-order valence-electron chi connectivity index (χ0n) is 19.4. The molecule has 2 heterocycles. The molecule has 1 aromatic heterocycles. The van der Waals surface area contributed by atoms with Crippen LogP contribution in [0.5, 0.6) is 0 Å². The Bertz CT molecular complexity index is 1120. The minimum absolute atomic E-state index is 0.00262. The summed E-state index contributed by atoms with van der Waals surface area (Å²) in [7, 11) is 1.79. The maximum atomic E-state index is 13.8. The quantitative estimate of drug-likeness (QED) is 0.491. The molecule has 1 amide bonds. The number of hydrogen-bond acceptors (Lipinski definition) is 6. The van der Waals surface area contributed by atoms with Gasteiger partial charge in [0, 0.05) is 44.1 Å². The fourth-order valence-electron chi connectivity index (χ4n) is 4.04. The molecule has 2 N–H and O–H groups in total. The third-order valence-corrected chi connectivity index (χ3v) is 6.18. The number of aryl methyl sites for hydroxylation is 2. The van der Waals surface area contributed by atoms with Gasteiger partial charge in [0.15, 0.2) is 0 Å². The van der Waals surface area contributed by atoms with Crippen LogP contribution in [0.4, 0.5) is 8.78 Å². The summed E-state index contributed by atoms with van der Waals surface area (Å²) in [5.74, 6) is 0.107. The summed E-state index contributed by atoms with van der Waals surface area (Å²) < 4.78 is 32.1. The second-order valence-electron chi connectivity index (χ2n) is 8.76. The minimum atomic E-state index is -0.324. The number of aromatic nitrogens is 2. The largest absolute Gasteiger partial charge is 0.346 e. The molecule has 1 saturated heterocycles. The van der Waals surface area contributed by atoms with Crippen LogP contribution in [0.2, 0.25) is 0 Å². The number of rotatable bonds is 9. The first kappa shape index (κ1) is 24.0. The van der Waals surface area contributed by atoms with Gasteiger partial charge in [-0.1, -0.05) is 29.4 Å². The Labute approximate surface area is 197 Å². The van der Waals surface area contributed by atoms with Crippen LogP contribution in [-0.2, 0) is 11.2 Å². The number of hydrogen-bond donors (Lipinski definition) is 2. The van der Waals surface area contributed by atoms with Crippen LogP contribution in [0, 0.1) is 18.6 Å². The topological polar surface area (TPSA) is 83.3 Å². The van der Waals surface area contributed by atoms with E-state index in [1.165, 1.54) is 18.2 Å². The molecule has 0 saturated carbocycles. The molecule has 34 heavy (non-hydrogen) atoms. The molecule has 1 aliphatic heterocycles. The Hall–Kier alpha value is -3.17. The van der Waals surface area contributed by atoms with Gasteiger partial charge in [0.05, 0.1) is 0 Å². The van der Waals surface area contributed by atoms with Crippen molar-refractivity contribution < 1.29 is 18.1 Å². The standard InChI is InChI=1S/C25H29F2N5O2/c1-16-5-6-18(14-21(16)27)25-28-23(34-31-25)11-12-24(33)32(2)13-3-4-20-15-22(30-29-20)17-7-9-19(26)10-8-17/h5-10,14,20,22,29-30H,3-4,11-13,15H2,1-2H3. The monoisotopic (exact) mass is 469 g/mol. The summed E-state index contributed by atoms with van der Waals surface area (Å²) in [6, 6.07) is 11.8. The highest BCUT2D eigenvalue weighted by atomic mass is 19.1. The fraction of sp³-hybridized carbons (Fsp3) is 0.400. The van der Waals surface area contributed by atoms with Gasteiger partial charge in [-0.25, -0.2) is 8.78 Å². The highest BCUT2D eigenvalue weighted by molar-refractivity contribution is 5.76. The summed E-state index contributed by atoms with van der Waals surface area (Å²) >= 11 is 0. The maximum absolute atomic E-state index is 13.8. The lowest BCUT2D eigenvalue weighted by atomic mass is 9.99. The zero-order valence-corrected chi connectivity index (χ0v) is 19.4. The third kappa shape index (κ3) is 6.03. The lowest BCUT2D eigenvalue weighted by Crippen LogP contribution is -2.32. The van der Waals surface area contributed by atoms with Crippen LogP contribution in [0.25, 0.3) is 11.4 Å². The molecule has 2 unspecified atom stereocenters. The van der Waals surface area contributed by atoms with E-state index in [0.717, 1.165) is 24.8 Å². The minimum Gasteiger partial charge on any atom is -0.346 e. The van der Waals surface area contributed by atoms with Crippen molar-refractivity contribution in [2.24, 2.45) is 0 Å². The van der Waals surface area contributed by atoms with E-state index < -0.39 is 0 Å². The van der Waals surface area contributed by atoms with E-state index in [0.29, 0.717) is 41.8 Å². The zero-order chi connectivity index (χ0) is 24.1. The van der Waals surface area contributed by atoms with Crippen molar-refractivity contribution in [2.45, 2.75) is 51.1 Å². The fourth-order valence-corrected chi connectivity index (χ4v) is 4.04. The van der Waals surface area contributed by atoms with E-state index in [9.17, 15) is 13.6 Å². The molecule has 0 aliphatic carbocycles. The Morgan fingerprint density at radius 3 is 2.74 bits per heavy atom. The third-order valence-electron chi connectivity index (χ3n) is 6.18. The summed E-state index contributed by atoms with van der Waals surface area (Å²) in [5.41, 5.74) is 8.70. The Morgan fingerprint density at radius 1 is 1.18 bits per heavy atom. The summed E-state index contributed by atoms with van der Waals surface area (Å²) in [6.07, 6.45) is 3.28. The molecule has 7 nitrogen and oxygen atoms in total. The van der Waals surface area contributed by atoms with Gasteiger partial charge < -0.3 is 9.42 Å². The average molecular weight is 470 g/mol.